The van der Waals surface area contributed by atoms with Crippen LogP contribution in [0.1, 0.15) is 75.8 Å². The van der Waals surface area contributed by atoms with E-state index in [9.17, 15) is 34.3 Å². The fraction of sp³-hybridized carbons (Fsp3) is 0.457. The van der Waals surface area contributed by atoms with Gasteiger partial charge in [0.25, 0.3) is 5.69 Å². The summed E-state index contributed by atoms with van der Waals surface area (Å²) in [4.78, 5) is 45.7. The molecule has 3 N–H and O–H groups in total. The van der Waals surface area contributed by atoms with Crippen molar-refractivity contribution in [1.82, 2.24) is 10.2 Å². The van der Waals surface area contributed by atoms with E-state index in [1.807, 2.05) is 13.0 Å². The molecule has 2 amide bonds. The van der Waals surface area contributed by atoms with Crippen LogP contribution in [0.3, 0.4) is 0 Å². The SMILES string of the molecule is C=CCO[C@@]12Oc3ccc(OC(=O)NCC)cc3[C@H]3[C@H](CCCCO)[C@@H](CCCCO)C=C(C(=NOCC)C[C@@H]1N(Cc1ccc(F)cc1)C(=O)Oc1ccc([N+](=O)[O-])cc1)[C@H]32. The zero-order valence-electron chi connectivity index (χ0n) is 35.1. The van der Waals surface area contributed by atoms with E-state index in [1.54, 1.807) is 37.3 Å². The number of unbranched alkanes of at least 4 members (excludes halogenated alkanes) is 2. The molecule has 332 valence electrons. The Morgan fingerprint density at radius 2 is 1.73 bits per heavy atom. The van der Waals surface area contributed by atoms with E-state index in [-0.39, 0.29) is 62.7 Å². The van der Waals surface area contributed by atoms with E-state index < -0.39 is 46.6 Å². The van der Waals surface area contributed by atoms with Crippen molar-refractivity contribution < 1.29 is 52.9 Å². The maximum Gasteiger partial charge on any atom is 0.416 e. The first-order valence-electron chi connectivity index (χ1n) is 21.2. The van der Waals surface area contributed by atoms with Crippen LogP contribution < -0.4 is 19.5 Å². The van der Waals surface area contributed by atoms with Crippen molar-refractivity contribution >= 4 is 23.6 Å². The summed E-state index contributed by atoms with van der Waals surface area (Å²) in [5.74, 6) is -2.59. The minimum absolute atomic E-state index is 0.00442. The molecule has 16 heteroatoms. The van der Waals surface area contributed by atoms with Gasteiger partial charge in [-0.1, -0.05) is 42.3 Å². The maximum atomic E-state index is 14.8. The number of non-ortho nitro benzene ring substituents is 1. The van der Waals surface area contributed by atoms with Crippen LogP contribution in [0.2, 0.25) is 0 Å². The maximum absolute atomic E-state index is 14.8. The van der Waals surface area contributed by atoms with E-state index in [0.717, 1.165) is 24.0 Å². The third kappa shape index (κ3) is 10.3. The molecule has 0 radical (unpaired) electrons. The minimum atomic E-state index is -1.66. The number of aliphatic hydroxyl groups is 2. The molecule has 15 nitrogen and oxygen atoms in total. The van der Waals surface area contributed by atoms with E-state index in [1.165, 1.54) is 41.3 Å². The van der Waals surface area contributed by atoms with Gasteiger partial charge in [-0.25, -0.2) is 14.0 Å². The second-order valence-corrected chi connectivity index (χ2v) is 15.5. The van der Waals surface area contributed by atoms with Crippen LogP contribution in [0.25, 0.3) is 0 Å². The summed E-state index contributed by atoms with van der Waals surface area (Å²) in [5, 5.41) is 38.5. The largest absolute Gasteiger partial charge is 0.459 e. The van der Waals surface area contributed by atoms with Gasteiger partial charge >= 0.3 is 12.2 Å². The van der Waals surface area contributed by atoms with Gasteiger partial charge in [-0.2, -0.15) is 0 Å². The van der Waals surface area contributed by atoms with Crippen LogP contribution in [0.15, 0.2) is 96.2 Å². The van der Waals surface area contributed by atoms with Gasteiger partial charge in [-0.3, -0.25) is 15.0 Å². The van der Waals surface area contributed by atoms with Crippen molar-refractivity contribution in [2.45, 2.75) is 83.1 Å². The minimum Gasteiger partial charge on any atom is -0.459 e. The Balaban J connectivity index is 1.59. The zero-order chi connectivity index (χ0) is 44.2. The van der Waals surface area contributed by atoms with Gasteiger partial charge in [0.15, 0.2) is 0 Å². The van der Waals surface area contributed by atoms with E-state index >= 15 is 0 Å². The van der Waals surface area contributed by atoms with Crippen molar-refractivity contribution in [1.29, 1.82) is 0 Å². The molecule has 6 atom stereocenters. The lowest BCUT2D eigenvalue weighted by Crippen LogP contribution is -2.70. The number of oxime groups is 1. The number of ether oxygens (including phenoxy) is 4. The summed E-state index contributed by atoms with van der Waals surface area (Å²) in [6.45, 7) is 8.11. The smallest absolute Gasteiger partial charge is 0.416 e. The number of benzene rings is 3. The lowest BCUT2D eigenvalue weighted by Gasteiger charge is -2.59. The fourth-order valence-electron chi connectivity index (χ4n) is 9.03. The molecule has 6 rings (SSSR count). The van der Waals surface area contributed by atoms with E-state index in [2.05, 4.69) is 23.1 Å². The molecular weight excluding hydrogens is 804 g/mol. The first-order valence-corrected chi connectivity index (χ1v) is 21.2. The monoisotopic (exact) mass is 858 g/mol. The Kier molecular flexibility index (Phi) is 15.7. The summed E-state index contributed by atoms with van der Waals surface area (Å²) in [6.07, 6.45) is 6.38. The number of allylic oxidation sites excluding steroid dienone is 1. The molecule has 0 bridgehead atoms. The molecule has 1 heterocycles. The third-order valence-corrected chi connectivity index (χ3v) is 11.6. The van der Waals surface area contributed by atoms with Gasteiger partial charge in [0.1, 0.15) is 35.7 Å². The predicted octanol–water partition coefficient (Wildman–Crippen LogP) is 8.20. The van der Waals surface area contributed by atoms with Crippen LogP contribution in [0.5, 0.6) is 17.2 Å². The quantitative estimate of drug-likeness (QED) is 0.0430. The molecular formula is C46H55FN4O11. The molecule has 1 saturated carbocycles. The number of carbonyl (C=O) groups is 2. The Labute approximate surface area is 360 Å². The van der Waals surface area contributed by atoms with Crippen LogP contribution in [0.4, 0.5) is 19.7 Å². The molecule has 0 spiro atoms. The molecule has 0 saturated heterocycles. The number of aliphatic hydroxyl groups excluding tert-OH is 2. The summed E-state index contributed by atoms with van der Waals surface area (Å²) in [7, 11) is 0. The zero-order valence-corrected chi connectivity index (χ0v) is 35.1. The summed E-state index contributed by atoms with van der Waals surface area (Å²) in [6, 6.07) is 15.0. The lowest BCUT2D eigenvalue weighted by atomic mass is 9.55. The average Bonchev–Trinajstić information content (AvgIpc) is 3.26. The summed E-state index contributed by atoms with van der Waals surface area (Å²) in [5.41, 5.74) is 2.46. The Hall–Kier alpha value is -5.84. The van der Waals surface area contributed by atoms with Gasteiger partial charge in [0.05, 0.1) is 23.2 Å². The normalized spacial score (nSPS) is 22.9. The molecule has 62 heavy (non-hydrogen) atoms. The second kappa shape index (κ2) is 21.3. The Morgan fingerprint density at radius 1 is 1.02 bits per heavy atom. The Morgan fingerprint density at radius 3 is 2.39 bits per heavy atom. The third-order valence-electron chi connectivity index (χ3n) is 11.6. The lowest BCUT2D eigenvalue weighted by molar-refractivity contribution is -0.384. The molecule has 2 aliphatic carbocycles. The van der Waals surface area contributed by atoms with Crippen molar-refractivity contribution in [2.24, 2.45) is 22.9 Å². The molecule has 1 fully saturated rings. The molecule has 0 unspecified atom stereocenters. The highest BCUT2D eigenvalue weighted by Gasteiger charge is 2.65. The Bertz CT molecular complexity index is 2100. The number of nitro groups is 1. The van der Waals surface area contributed by atoms with Gasteiger partial charge < -0.3 is 39.3 Å². The first-order chi connectivity index (χ1) is 30.1. The van der Waals surface area contributed by atoms with Gasteiger partial charge in [0.2, 0.25) is 5.79 Å². The summed E-state index contributed by atoms with van der Waals surface area (Å²) >= 11 is 0. The number of rotatable bonds is 20. The fourth-order valence-corrected chi connectivity index (χ4v) is 9.03. The number of nitrogens with one attached hydrogen (secondary N) is 1. The molecule has 1 aliphatic heterocycles. The van der Waals surface area contributed by atoms with Crippen molar-refractivity contribution in [3.05, 3.63) is 118 Å². The molecule has 0 aromatic heterocycles. The number of fused-ring (bicyclic) bond motifs is 2. The molecule has 3 aromatic rings. The van der Waals surface area contributed by atoms with Crippen LogP contribution >= 0.6 is 0 Å². The average molecular weight is 859 g/mol. The van der Waals surface area contributed by atoms with E-state index in [0.29, 0.717) is 55.0 Å². The van der Waals surface area contributed by atoms with Crippen LogP contribution in [0, 0.1) is 33.7 Å². The number of hydrogen-bond donors (Lipinski definition) is 3. The first kappa shape index (κ1) is 45.7. The van der Waals surface area contributed by atoms with Crippen molar-refractivity contribution in [3.63, 3.8) is 0 Å². The molecule has 3 aliphatic rings. The standard InChI is InChI=1S/C46H55FN4O11/c1-4-25-58-46-41(50(29-30-13-15-32(47)16-14-30)45(55)61-34-19-17-33(18-20-34)51(56)57)28-39(49-59-6-3)37-26-31(11-7-9-23-52)36(12-8-10-24-53)42(43(37)46)38-27-35(21-22-40(38)62-46)60-44(54)48-5-2/h4,13-22,26-27,31,36,41-43,52-53H,1,5-12,23-25,28-29H2,2-3H3,(H,48,54)/t31-,36+,41-,42+,43+,46+/m0/s1. The number of halogens is 1. The van der Waals surface area contributed by atoms with Gasteiger partial charge in [0, 0.05) is 56.3 Å². The highest BCUT2D eigenvalue weighted by Crippen LogP contribution is 2.62. The number of nitrogens with zero attached hydrogens (tertiary/aromatic N) is 3. The van der Waals surface area contributed by atoms with Gasteiger partial charge in [-0.15, -0.1) is 6.58 Å². The van der Waals surface area contributed by atoms with E-state index in [4.69, 9.17) is 23.8 Å². The van der Waals surface area contributed by atoms with Crippen molar-refractivity contribution in [2.75, 3.05) is 33.0 Å². The number of nitro benzene ring substituents is 1. The van der Waals surface area contributed by atoms with Crippen LogP contribution in [-0.2, 0) is 16.1 Å². The summed E-state index contributed by atoms with van der Waals surface area (Å²) < 4.78 is 40.2. The highest BCUT2D eigenvalue weighted by atomic mass is 19.1. The molecule has 3 aromatic carbocycles. The second-order valence-electron chi connectivity index (χ2n) is 15.5. The number of hydrogen-bond acceptors (Lipinski definition) is 12. The van der Waals surface area contributed by atoms with Gasteiger partial charge in [-0.05, 0) is 105 Å². The highest BCUT2D eigenvalue weighted by molar-refractivity contribution is 6.03. The number of carbonyl (C=O) groups excluding carboxylic acids is 2. The topological polar surface area (TPSA) is 192 Å². The van der Waals surface area contributed by atoms with Crippen LogP contribution in [-0.4, -0.2) is 82.7 Å². The van der Waals surface area contributed by atoms with Crippen molar-refractivity contribution in [3.8, 4) is 17.2 Å². The number of amides is 2. The predicted molar refractivity (Wildman–Crippen MR) is 227 cm³/mol.